The summed E-state index contributed by atoms with van der Waals surface area (Å²) in [6.45, 7) is 10.7. The number of carbonyl (C=O) groups excluding carboxylic acids is 1. The predicted octanol–water partition coefficient (Wildman–Crippen LogP) is 1.71. The van der Waals surface area contributed by atoms with Crippen LogP contribution in [-0.2, 0) is 4.79 Å². The van der Waals surface area contributed by atoms with E-state index < -0.39 is 0 Å². The summed E-state index contributed by atoms with van der Waals surface area (Å²) in [5, 5.41) is 8.31. The van der Waals surface area contributed by atoms with Crippen LogP contribution >= 0.6 is 0 Å². The summed E-state index contributed by atoms with van der Waals surface area (Å²) in [4.78, 5) is 14.1. The molecule has 1 aromatic rings. The van der Waals surface area contributed by atoms with E-state index in [0.717, 1.165) is 18.2 Å². The average Bonchev–Trinajstić information content (AvgIpc) is 2.65. The summed E-state index contributed by atoms with van der Waals surface area (Å²) >= 11 is 0. The number of aromatic nitrogens is 3. The number of hydrogen-bond donors (Lipinski definition) is 0. The molecule has 1 aromatic heterocycles. The minimum absolute atomic E-state index is 0.0160. The molecule has 1 amide bonds. The van der Waals surface area contributed by atoms with E-state index in [-0.39, 0.29) is 23.9 Å². The van der Waals surface area contributed by atoms with Gasteiger partial charge >= 0.3 is 0 Å². The van der Waals surface area contributed by atoms with Gasteiger partial charge in [-0.05, 0) is 20.8 Å². The Kier molecular flexibility index (Phi) is 2.93. The zero-order chi connectivity index (χ0) is 12.7. The average molecular weight is 236 g/mol. The molecular weight excluding hydrogens is 216 g/mol. The van der Waals surface area contributed by atoms with E-state index in [1.165, 1.54) is 0 Å². The quantitative estimate of drug-likeness (QED) is 0.746. The Bertz CT molecular complexity index is 438. The van der Waals surface area contributed by atoms with Gasteiger partial charge in [-0.1, -0.05) is 13.8 Å². The van der Waals surface area contributed by atoms with Crippen LogP contribution in [0.2, 0.25) is 0 Å². The predicted molar refractivity (Wildman–Crippen MR) is 64.4 cm³/mol. The second-order valence-electron chi connectivity index (χ2n) is 5.15. The zero-order valence-corrected chi connectivity index (χ0v) is 11.1. The van der Waals surface area contributed by atoms with Crippen LogP contribution in [0.1, 0.15) is 51.4 Å². The first-order valence-corrected chi connectivity index (χ1v) is 6.15. The minimum Gasteiger partial charge on any atom is -0.330 e. The molecule has 0 saturated heterocycles. The monoisotopic (exact) mass is 236 g/mol. The maximum Gasteiger partial charge on any atom is 0.225 e. The van der Waals surface area contributed by atoms with E-state index in [4.69, 9.17) is 0 Å². The fourth-order valence-electron chi connectivity index (χ4n) is 2.49. The molecule has 5 heteroatoms. The number of nitrogens with zero attached hydrogens (tertiary/aromatic N) is 4. The summed E-state index contributed by atoms with van der Waals surface area (Å²) in [5.41, 5.74) is 0. The Hall–Kier alpha value is -1.39. The third-order valence-electron chi connectivity index (χ3n) is 3.41. The van der Waals surface area contributed by atoms with Gasteiger partial charge in [0.1, 0.15) is 5.82 Å². The fourth-order valence-corrected chi connectivity index (χ4v) is 2.49. The van der Waals surface area contributed by atoms with Gasteiger partial charge in [-0.2, -0.15) is 0 Å². The molecular formula is C12H20N4O. The van der Waals surface area contributed by atoms with Gasteiger partial charge in [0.25, 0.3) is 0 Å². The van der Waals surface area contributed by atoms with Crippen LogP contribution in [0, 0.1) is 12.8 Å². The molecule has 5 nitrogen and oxygen atoms in total. The van der Waals surface area contributed by atoms with E-state index in [1.54, 1.807) is 0 Å². The lowest BCUT2D eigenvalue weighted by Crippen LogP contribution is -2.44. The first-order valence-electron chi connectivity index (χ1n) is 6.15. The van der Waals surface area contributed by atoms with Crippen LogP contribution in [0.15, 0.2) is 0 Å². The van der Waals surface area contributed by atoms with Crippen LogP contribution in [0.25, 0.3) is 0 Å². The van der Waals surface area contributed by atoms with Crippen molar-refractivity contribution in [2.24, 2.45) is 5.92 Å². The molecule has 0 bridgehead atoms. The number of amides is 1. The minimum atomic E-state index is 0.0160. The topological polar surface area (TPSA) is 51.0 Å². The number of hydrogen-bond acceptors (Lipinski definition) is 3. The number of carbonyl (C=O) groups is 1. The number of fused-ring (bicyclic) bond motifs is 1. The molecule has 0 aliphatic carbocycles. The molecule has 0 aromatic carbocycles. The Balaban J connectivity index is 2.36. The molecule has 2 unspecified atom stereocenters. The van der Waals surface area contributed by atoms with Gasteiger partial charge in [0.15, 0.2) is 5.82 Å². The van der Waals surface area contributed by atoms with Crippen molar-refractivity contribution >= 4 is 5.91 Å². The third-order valence-corrected chi connectivity index (χ3v) is 3.41. The Morgan fingerprint density at radius 1 is 1.35 bits per heavy atom. The van der Waals surface area contributed by atoms with Crippen LogP contribution in [0.5, 0.6) is 0 Å². The first kappa shape index (κ1) is 12.1. The Labute approximate surface area is 102 Å². The van der Waals surface area contributed by atoms with Crippen LogP contribution in [-0.4, -0.2) is 32.1 Å². The largest absolute Gasteiger partial charge is 0.330 e. The van der Waals surface area contributed by atoms with Crippen molar-refractivity contribution in [3.63, 3.8) is 0 Å². The highest BCUT2D eigenvalue weighted by atomic mass is 16.2. The van der Waals surface area contributed by atoms with Gasteiger partial charge in [0, 0.05) is 12.5 Å². The highest BCUT2D eigenvalue weighted by Gasteiger charge is 2.34. The van der Waals surface area contributed by atoms with Crippen molar-refractivity contribution in [2.75, 3.05) is 6.54 Å². The lowest BCUT2D eigenvalue weighted by molar-refractivity contribution is -0.138. The molecule has 0 radical (unpaired) electrons. The van der Waals surface area contributed by atoms with Crippen molar-refractivity contribution < 1.29 is 4.79 Å². The molecule has 2 atom stereocenters. The normalized spacial score (nSPS) is 24.0. The van der Waals surface area contributed by atoms with E-state index in [9.17, 15) is 4.79 Å². The maximum absolute atomic E-state index is 12.1. The summed E-state index contributed by atoms with van der Waals surface area (Å²) in [6, 6.07) is 0.265. The second-order valence-corrected chi connectivity index (χ2v) is 5.15. The Morgan fingerprint density at radius 3 is 2.59 bits per heavy atom. The molecule has 0 saturated carbocycles. The SMILES string of the molecule is Cc1nnc2n1C(C)CN(C(=O)C(C)C)C2C. The third kappa shape index (κ3) is 1.83. The van der Waals surface area contributed by atoms with Crippen molar-refractivity contribution in [3.05, 3.63) is 11.6 Å². The van der Waals surface area contributed by atoms with Crippen molar-refractivity contribution in [3.8, 4) is 0 Å². The standard InChI is InChI=1S/C12H20N4O/c1-7(2)12(17)15-6-8(3)16-10(5)13-14-11(16)9(15)4/h7-9H,6H2,1-5H3. The second kappa shape index (κ2) is 4.13. The molecule has 2 heterocycles. The lowest BCUT2D eigenvalue weighted by Gasteiger charge is -2.38. The van der Waals surface area contributed by atoms with Crippen molar-refractivity contribution in [1.29, 1.82) is 0 Å². The van der Waals surface area contributed by atoms with E-state index in [1.807, 2.05) is 32.6 Å². The van der Waals surface area contributed by atoms with Gasteiger partial charge < -0.3 is 9.47 Å². The smallest absolute Gasteiger partial charge is 0.225 e. The lowest BCUT2D eigenvalue weighted by atomic mass is 10.1. The molecule has 0 fully saturated rings. The van der Waals surface area contributed by atoms with Crippen LogP contribution in [0.4, 0.5) is 0 Å². The first-order chi connectivity index (χ1) is 7.93. The van der Waals surface area contributed by atoms with Crippen LogP contribution < -0.4 is 0 Å². The van der Waals surface area contributed by atoms with Gasteiger partial charge in [0.05, 0.1) is 12.1 Å². The van der Waals surface area contributed by atoms with Gasteiger partial charge in [0.2, 0.25) is 5.91 Å². The highest BCUT2D eigenvalue weighted by molar-refractivity contribution is 5.78. The molecule has 1 aliphatic rings. The zero-order valence-electron chi connectivity index (χ0n) is 11.1. The van der Waals surface area contributed by atoms with Crippen LogP contribution in [0.3, 0.4) is 0 Å². The van der Waals surface area contributed by atoms with Gasteiger partial charge in [-0.15, -0.1) is 10.2 Å². The highest BCUT2D eigenvalue weighted by Crippen LogP contribution is 2.30. The Morgan fingerprint density at radius 2 is 2.00 bits per heavy atom. The van der Waals surface area contributed by atoms with Crippen molar-refractivity contribution in [2.45, 2.75) is 46.7 Å². The number of rotatable bonds is 1. The molecule has 17 heavy (non-hydrogen) atoms. The molecule has 0 spiro atoms. The summed E-state index contributed by atoms with van der Waals surface area (Å²) in [5.74, 6) is 2.04. The fraction of sp³-hybridized carbons (Fsp3) is 0.750. The van der Waals surface area contributed by atoms with E-state index in [0.29, 0.717) is 0 Å². The molecule has 1 aliphatic heterocycles. The summed E-state index contributed by atoms with van der Waals surface area (Å²) in [6.07, 6.45) is 0. The van der Waals surface area contributed by atoms with E-state index in [2.05, 4.69) is 21.7 Å². The molecule has 94 valence electrons. The molecule has 2 rings (SSSR count). The summed E-state index contributed by atoms with van der Waals surface area (Å²) in [7, 11) is 0. The molecule has 0 N–H and O–H groups in total. The number of aryl methyl sites for hydroxylation is 1. The van der Waals surface area contributed by atoms with Gasteiger partial charge in [-0.25, -0.2) is 0 Å². The maximum atomic E-state index is 12.1. The summed E-state index contributed by atoms with van der Waals surface area (Å²) < 4.78 is 2.13. The van der Waals surface area contributed by atoms with Crippen molar-refractivity contribution in [1.82, 2.24) is 19.7 Å². The van der Waals surface area contributed by atoms with Gasteiger partial charge in [-0.3, -0.25) is 4.79 Å². The van der Waals surface area contributed by atoms with E-state index >= 15 is 0 Å².